The normalized spacial score (nSPS) is 13.4. The van der Waals surface area contributed by atoms with Gasteiger partial charge in [0.05, 0.1) is 4.90 Å². The van der Waals surface area contributed by atoms with Gasteiger partial charge in [-0.15, -0.1) is 0 Å². The summed E-state index contributed by atoms with van der Waals surface area (Å²) in [4.78, 5) is 0.252. The number of hydrogen-bond donors (Lipinski definition) is 2. The van der Waals surface area contributed by atoms with E-state index >= 15 is 0 Å². The topological polar surface area (TPSA) is 66.4 Å². The third kappa shape index (κ3) is 5.16. The highest BCUT2D eigenvalue weighted by atomic mass is 79.9. The second kappa shape index (κ2) is 8.12. The molecule has 0 radical (unpaired) electrons. The summed E-state index contributed by atoms with van der Waals surface area (Å²) in [5, 5.41) is 9.00. The molecule has 0 spiro atoms. The monoisotopic (exact) mass is 363 g/mol. The molecule has 114 valence electrons. The van der Waals surface area contributed by atoms with E-state index < -0.39 is 10.0 Å². The second-order valence-corrected chi connectivity index (χ2v) is 7.54. The summed E-state index contributed by atoms with van der Waals surface area (Å²) in [6, 6.07) is 5.16. The molecule has 6 heteroatoms. The van der Waals surface area contributed by atoms with Crippen LogP contribution in [0.3, 0.4) is 0 Å². The van der Waals surface area contributed by atoms with E-state index in [-0.39, 0.29) is 17.4 Å². The summed E-state index contributed by atoms with van der Waals surface area (Å²) >= 11 is 3.29. The van der Waals surface area contributed by atoms with Crippen LogP contribution in [0.25, 0.3) is 0 Å². The minimum Gasteiger partial charge on any atom is -0.396 e. The van der Waals surface area contributed by atoms with Crippen LogP contribution in [0, 0.1) is 12.8 Å². The number of nitrogens with one attached hydrogen (secondary N) is 1. The summed E-state index contributed by atoms with van der Waals surface area (Å²) in [5.41, 5.74) is 1.000. The van der Waals surface area contributed by atoms with E-state index in [1.54, 1.807) is 18.2 Å². The predicted molar refractivity (Wildman–Crippen MR) is 84.2 cm³/mol. The van der Waals surface area contributed by atoms with Gasteiger partial charge in [-0.05, 0) is 59.3 Å². The molecule has 20 heavy (non-hydrogen) atoms. The van der Waals surface area contributed by atoms with Crippen LogP contribution < -0.4 is 4.72 Å². The zero-order chi connectivity index (χ0) is 15.2. The number of rotatable bonds is 8. The maximum Gasteiger partial charge on any atom is 0.241 e. The van der Waals surface area contributed by atoms with Crippen molar-refractivity contribution in [3.05, 3.63) is 28.2 Å². The number of hydrogen-bond acceptors (Lipinski definition) is 3. The van der Waals surface area contributed by atoms with E-state index in [9.17, 15) is 8.42 Å². The molecule has 0 aliphatic heterocycles. The Bertz CT molecular complexity index is 525. The fourth-order valence-electron chi connectivity index (χ4n) is 2.07. The predicted octanol–water partition coefficient (Wildman–Crippen LogP) is 2.83. The molecule has 0 amide bonds. The number of benzene rings is 1. The number of aryl methyl sites for hydroxylation is 1. The Morgan fingerprint density at radius 3 is 2.60 bits per heavy atom. The van der Waals surface area contributed by atoms with Gasteiger partial charge in [0.15, 0.2) is 0 Å². The average Bonchev–Trinajstić information content (AvgIpc) is 2.36. The Morgan fingerprint density at radius 2 is 2.05 bits per heavy atom. The van der Waals surface area contributed by atoms with Crippen LogP contribution in [-0.2, 0) is 10.0 Å². The van der Waals surface area contributed by atoms with E-state index in [0.717, 1.165) is 18.4 Å². The molecule has 4 nitrogen and oxygen atoms in total. The summed E-state index contributed by atoms with van der Waals surface area (Å²) in [7, 11) is -3.52. The minimum absolute atomic E-state index is 0.0839. The van der Waals surface area contributed by atoms with Gasteiger partial charge in [-0.2, -0.15) is 0 Å². The maximum atomic E-state index is 12.3. The second-order valence-electron chi connectivity index (χ2n) is 4.95. The zero-order valence-electron chi connectivity index (χ0n) is 11.9. The van der Waals surface area contributed by atoms with Gasteiger partial charge in [-0.25, -0.2) is 13.1 Å². The van der Waals surface area contributed by atoms with Crippen molar-refractivity contribution in [1.29, 1.82) is 0 Å². The summed E-state index contributed by atoms with van der Waals surface area (Å²) in [6.45, 7) is 4.40. The van der Waals surface area contributed by atoms with Gasteiger partial charge >= 0.3 is 0 Å². The van der Waals surface area contributed by atoms with Crippen molar-refractivity contribution in [3.8, 4) is 0 Å². The van der Waals surface area contributed by atoms with Crippen LogP contribution in [0.4, 0.5) is 0 Å². The molecule has 1 aromatic rings. The molecule has 0 aromatic heterocycles. The van der Waals surface area contributed by atoms with E-state index in [2.05, 4.69) is 27.6 Å². The van der Waals surface area contributed by atoms with Crippen LogP contribution in [0.5, 0.6) is 0 Å². The van der Waals surface area contributed by atoms with Crippen molar-refractivity contribution in [2.75, 3.05) is 13.2 Å². The highest BCUT2D eigenvalue weighted by Crippen LogP contribution is 2.23. The van der Waals surface area contributed by atoms with Crippen LogP contribution in [0.1, 0.15) is 31.7 Å². The van der Waals surface area contributed by atoms with E-state index in [4.69, 9.17) is 5.11 Å². The summed E-state index contributed by atoms with van der Waals surface area (Å²) < 4.78 is 27.8. The Kier molecular flexibility index (Phi) is 7.15. The molecule has 0 aliphatic carbocycles. The van der Waals surface area contributed by atoms with Crippen molar-refractivity contribution in [1.82, 2.24) is 4.72 Å². The fourth-order valence-corrected chi connectivity index (χ4v) is 4.37. The van der Waals surface area contributed by atoms with Crippen LogP contribution in [0.2, 0.25) is 0 Å². The van der Waals surface area contributed by atoms with Gasteiger partial charge in [-0.3, -0.25) is 0 Å². The number of sulfonamides is 1. The first-order valence-corrected chi connectivity index (χ1v) is 9.05. The molecule has 0 bridgehead atoms. The lowest BCUT2D eigenvalue weighted by Gasteiger charge is -2.16. The fraction of sp³-hybridized carbons (Fsp3) is 0.571. The highest BCUT2D eigenvalue weighted by molar-refractivity contribution is 9.10. The third-order valence-electron chi connectivity index (χ3n) is 3.17. The molecule has 0 saturated carbocycles. The lowest BCUT2D eigenvalue weighted by atomic mass is 10.0. The molecule has 1 unspecified atom stereocenters. The Morgan fingerprint density at radius 1 is 1.35 bits per heavy atom. The highest BCUT2D eigenvalue weighted by Gasteiger charge is 2.19. The number of aliphatic hydroxyl groups is 1. The van der Waals surface area contributed by atoms with Crippen LogP contribution in [-0.4, -0.2) is 26.7 Å². The van der Waals surface area contributed by atoms with Gasteiger partial charge in [-0.1, -0.05) is 19.4 Å². The Hall–Kier alpha value is -0.430. The molecule has 0 saturated heterocycles. The number of aliphatic hydroxyl groups excluding tert-OH is 1. The average molecular weight is 364 g/mol. The zero-order valence-corrected chi connectivity index (χ0v) is 14.3. The van der Waals surface area contributed by atoms with E-state index in [0.29, 0.717) is 17.4 Å². The van der Waals surface area contributed by atoms with Crippen molar-refractivity contribution in [2.45, 2.75) is 38.0 Å². The Balaban J connectivity index is 2.78. The van der Waals surface area contributed by atoms with Crippen molar-refractivity contribution < 1.29 is 13.5 Å². The van der Waals surface area contributed by atoms with E-state index in [1.165, 1.54) is 0 Å². The molecule has 0 heterocycles. The van der Waals surface area contributed by atoms with Gasteiger partial charge in [0, 0.05) is 17.6 Å². The van der Waals surface area contributed by atoms with Crippen molar-refractivity contribution in [3.63, 3.8) is 0 Å². The van der Waals surface area contributed by atoms with Crippen molar-refractivity contribution in [2.24, 2.45) is 5.92 Å². The molecular weight excluding hydrogens is 342 g/mol. The molecule has 1 rings (SSSR count). The lowest BCUT2D eigenvalue weighted by molar-refractivity contribution is 0.251. The summed E-state index contributed by atoms with van der Waals surface area (Å²) in [5.74, 6) is 0.170. The largest absolute Gasteiger partial charge is 0.396 e. The van der Waals surface area contributed by atoms with Gasteiger partial charge in [0.25, 0.3) is 0 Å². The smallest absolute Gasteiger partial charge is 0.241 e. The third-order valence-corrected chi connectivity index (χ3v) is 5.57. The SMILES string of the molecule is CCCC(CCO)CNS(=O)(=O)c1ccc(C)cc1Br. The van der Waals surface area contributed by atoms with E-state index in [1.807, 2.05) is 6.92 Å². The molecular formula is C14H22BrNO3S. The Labute approximate surface area is 129 Å². The quantitative estimate of drug-likeness (QED) is 0.746. The molecule has 2 N–H and O–H groups in total. The molecule has 1 atom stereocenters. The first kappa shape index (κ1) is 17.6. The first-order chi connectivity index (χ1) is 9.40. The summed E-state index contributed by atoms with van der Waals surface area (Å²) in [6.07, 6.45) is 2.49. The van der Waals surface area contributed by atoms with Crippen LogP contribution in [0.15, 0.2) is 27.6 Å². The minimum atomic E-state index is -3.52. The molecule has 1 aromatic carbocycles. The van der Waals surface area contributed by atoms with Gasteiger partial charge in [0.1, 0.15) is 0 Å². The molecule has 0 aliphatic rings. The lowest BCUT2D eigenvalue weighted by Crippen LogP contribution is -2.30. The standard InChI is InChI=1S/C14H22BrNO3S/c1-3-4-12(7-8-17)10-16-20(18,19)14-6-5-11(2)9-13(14)15/h5-6,9,12,16-17H,3-4,7-8,10H2,1-2H3. The number of halogens is 1. The van der Waals surface area contributed by atoms with Gasteiger partial charge < -0.3 is 5.11 Å². The van der Waals surface area contributed by atoms with Gasteiger partial charge in [0.2, 0.25) is 10.0 Å². The molecule has 0 fully saturated rings. The maximum absolute atomic E-state index is 12.3. The first-order valence-electron chi connectivity index (χ1n) is 6.77. The van der Waals surface area contributed by atoms with Crippen LogP contribution >= 0.6 is 15.9 Å². The van der Waals surface area contributed by atoms with Crippen molar-refractivity contribution >= 4 is 26.0 Å².